The third-order valence-electron chi connectivity index (χ3n) is 8.45. The zero-order valence-electron chi connectivity index (χ0n) is 27.1. The van der Waals surface area contributed by atoms with Crippen molar-refractivity contribution >= 4 is 35.0 Å². The predicted octanol–water partition coefficient (Wildman–Crippen LogP) is 2.62. The number of likely N-dealkylation sites (tertiary alicyclic amines) is 1. The van der Waals surface area contributed by atoms with Gasteiger partial charge >= 0.3 is 0 Å². The molecule has 13 heteroatoms. The number of hydrogen-bond donors (Lipinski definition) is 4. The number of carbonyl (C=O) groups is 4. The van der Waals surface area contributed by atoms with Crippen LogP contribution in [0.4, 0.5) is 0 Å². The quantitative estimate of drug-likeness (QED) is 0.239. The number of nitrogens with one attached hydrogen (secondary N) is 3. The number of benzene rings is 1. The monoisotopic (exact) mass is 652 g/mol. The molecule has 4 rings (SSSR count). The number of aliphatic hydroxyl groups excluding tert-OH is 1. The smallest absolute Gasteiger partial charge is 0.246 e. The lowest BCUT2D eigenvalue weighted by Crippen LogP contribution is -2.58. The molecule has 4 atom stereocenters. The predicted molar refractivity (Wildman–Crippen MR) is 172 cm³/mol. The maximum atomic E-state index is 14.0. The minimum atomic E-state index is -1.13. The Labute approximate surface area is 273 Å². The molecule has 2 aliphatic rings. The van der Waals surface area contributed by atoms with Crippen LogP contribution in [0.1, 0.15) is 70.7 Å². The van der Waals surface area contributed by atoms with Gasteiger partial charge in [-0.2, -0.15) is 5.26 Å². The summed E-state index contributed by atoms with van der Waals surface area (Å²) in [6.45, 7) is 10.3. The first-order chi connectivity index (χ1) is 21.8. The van der Waals surface area contributed by atoms with E-state index in [1.54, 1.807) is 26.3 Å². The summed E-state index contributed by atoms with van der Waals surface area (Å²) in [4.78, 5) is 60.4. The molecule has 1 aliphatic carbocycles. The Hall–Kier alpha value is -3.86. The molecule has 4 amide bonds. The van der Waals surface area contributed by atoms with Crippen molar-refractivity contribution < 1.29 is 29.0 Å². The lowest BCUT2D eigenvalue weighted by molar-refractivity contribution is -0.144. The first-order valence-electron chi connectivity index (χ1n) is 15.7. The summed E-state index contributed by atoms with van der Waals surface area (Å²) < 4.78 is 5.31. The third-order valence-corrected chi connectivity index (χ3v) is 9.43. The van der Waals surface area contributed by atoms with Crippen LogP contribution >= 0.6 is 11.3 Å². The van der Waals surface area contributed by atoms with E-state index >= 15 is 0 Å². The number of hydrogen-bond acceptors (Lipinski definition) is 9. The lowest BCUT2D eigenvalue weighted by atomic mass is 9.85. The van der Waals surface area contributed by atoms with Crippen molar-refractivity contribution in [2.75, 3.05) is 26.3 Å². The molecule has 1 aromatic carbocycles. The van der Waals surface area contributed by atoms with E-state index in [1.807, 2.05) is 38.1 Å². The molecular formula is C33H44N6O6S. The topological polar surface area (TPSA) is 174 Å². The minimum Gasteiger partial charge on any atom is -0.391 e. The number of ether oxygens (including phenoxy) is 1. The van der Waals surface area contributed by atoms with Crippen molar-refractivity contribution in [3.63, 3.8) is 0 Å². The van der Waals surface area contributed by atoms with Crippen molar-refractivity contribution in [1.29, 1.82) is 5.26 Å². The van der Waals surface area contributed by atoms with Crippen LogP contribution in [0.2, 0.25) is 0 Å². The van der Waals surface area contributed by atoms with Gasteiger partial charge in [0.2, 0.25) is 23.6 Å². The maximum absolute atomic E-state index is 14.0. The largest absolute Gasteiger partial charge is 0.391 e. The highest BCUT2D eigenvalue weighted by atomic mass is 32.1. The highest BCUT2D eigenvalue weighted by Gasteiger charge is 2.53. The fourth-order valence-electron chi connectivity index (χ4n) is 5.53. The number of aryl methyl sites for hydroxylation is 1. The molecule has 1 aliphatic heterocycles. The van der Waals surface area contributed by atoms with Crippen molar-refractivity contribution in [1.82, 2.24) is 25.8 Å². The molecule has 0 bridgehead atoms. The van der Waals surface area contributed by atoms with Gasteiger partial charge in [0, 0.05) is 26.1 Å². The molecule has 2 aromatic rings. The average Bonchev–Trinajstić information content (AvgIpc) is 3.55. The summed E-state index contributed by atoms with van der Waals surface area (Å²) in [7, 11) is 0. The second kappa shape index (κ2) is 14.7. The molecule has 0 spiro atoms. The summed E-state index contributed by atoms with van der Waals surface area (Å²) in [6, 6.07) is 6.82. The van der Waals surface area contributed by atoms with Gasteiger partial charge in [-0.25, -0.2) is 4.98 Å². The summed E-state index contributed by atoms with van der Waals surface area (Å²) in [6.07, 6.45) is -0.149. The number of rotatable bonds is 13. The summed E-state index contributed by atoms with van der Waals surface area (Å²) in [5.41, 5.74) is 2.47. The van der Waals surface area contributed by atoms with Crippen LogP contribution in [0.5, 0.6) is 0 Å². The van der Waals surface area contributed by atoms with Gasteiger partial charge in [0.25, 0.3) is 0 Å². The van der Waals surface area contributed by atoms with Crippen LogP contribution in [0.3, 0.4) is 0 Å². The van der Waals surface area contributed by atoms with Crippen LogP contribution in [0, 0.1) is 29.1 Å². The number of nitrogens with zero attached hydrogens (tertiary/aromatic N) is 3. The van der Waals surface area contributed by atoms with Crippen molar-refractivity contribution in [2.24, 2.45) is 10.8 Å². The molecule has 12 nitrogen and oxygen atoms in total. The molecule has 46 heavy (non-hydrogen) atoms. The Kier molecular flexibility index (Phi) is 11.2. The highest BCUT2D eigenvalue weighted by Crippen LogP contribution is 2.45. The van der Waals surface area contributed by atoms with Gasteiger partial charge in [0.15, 0.2) is 0 Å². The number of carbonyl (C=O) groups excluding carboxylic acids is 4. The molecule has 0 radical (unpaired) electrons. The fourth-order valence-corrected chi connectivity index (χ4v) is 6.35. The summed E-state index contributed by atoms with van der Waals surface area (Å²) in [5, 5.41) is 28.7. The van der Waals surface area contributed by atoms with Crippen LogP contribution in [-0.2, 0) is 23.9 Å². The van der Waals surface area contributed by atoms with E-state index < -0.39 is 52.8 Å². The molecule has 1 saturated heterocycles. The van der Waals surface area contributed by atoms with Gasteiger partial charge in [0.05, 0.1) is 47.3 Å². The van der Waals surface area contributed by atoms with Crippen molar-refractivity contribution in [3.8, 4) is 16.5 Å². The molecule has 248 valence electrons. The lowest BCUT2D eigenvalue weighted by Gasteiger charge is -2.36. The van der Waals surface area contributed by atoms with Crippen molar-refractivity contribution in [3.05, 3.63) is 41.0 Å². The van der Waals surface area contributed by atoms with Crippen LogP contribution < -0.4 is 16.0 Å². The third kappa shape index (κ3) is 8.29. The van der Waals surface area contributed by atoms with Crippen LogP contribution in [0.25, 0.3) is 10.4 Å². The average molecular weight is 653 g/mol. The Morgan fingerprint density at radius 3 is 2.46 bits per heavy atom. The van der Waals surface area contributed by atoms with Crippen molar-refractivity contribution in [2.45, 2.75) is 84.5 Å². The van der Waals surface area contributed by atoms with Gasteiger partial charge < -0.3 is 30.7 Å². The van der Waals surface area contributed by atoms with Gasteiger partial charge in [-0.3, -0.25) is 19.2 Å². The zero-order chi connectivity index (χ0) is 33.6. The van der Waals surface area contributed by atoms with E-state index in [4.69, 9.17) is 4.74 Å². The van der Waals surface area contributed by atoms with E-state index in [0.717, 1.165) is 16.1 Å². The molecule has 2 heterocycles. The Balaban J connectivity index is 1.54. The number of thiazole rings is 1. The van der Waals surface area contributed by atoms with E-state index in [0.29, 0.717) is 38.2 Å². The number of amides is 4. The molecule has 1 saturated carbocycles. The van der Waals surface area contributed by atoms with Crippen LogP contribution in [0.15, 0.2) is 29.8 Å². The second-order valence-corrected chi connectivity index (χ2v) is 13.9. The zero-order valence-corrected chi connectivity index (χ0v) is 27.9. The number of β-amino-alcohol motifs (C(OH)–C–C–N with tert-alkyl or cyclic N) is 1. The summed E-state index contributed by atoms with van der Waals surface area (Å²) in [5.74, 6) is -1.82. The van der Waals surface area contributed by atoms with E-state index in [2.05, 4.69) is 27.0 Å². The van der Waals surface area contributed by atoms with Gasteiger partial charge in [-0.15, -0.1) is 11.3 Å². The molecule has 1 aromatic heterocycles. The SMILES string of the molecule is CCOCCNC(=O)C[C@H](NC(=O)C1C[C@@H](O)CN1C(=O)[C@@H](NC(=O)C1(C#N)CC1)C(C)(C)C)c1ccc(-c2scnc2C)cc1. The Morgan fingerprint density at radius 1 is 1.20 bits per heavy atom. The Morgan fingerprint density at radius 2 is 1.89 bits per heavy atom. The Bertz CT molecular complexity index is 1460. The van der Waals surface area contributed by atoms with Gasteiger partial charge in [-0.1, -0.05) is 45.0 Å². The number of aromatic nitrogens is 1. The maximum Gasteiger partial charge on any atom is 0.246 e. The second-order valence-electron chi connectivity index (χ2n) is 13.1. The number of aliphatic hydroxyl groups is 1. The fraction of sp³-hybridized carbons (Fsp3) is 0.576. The van der Waals surface area contributed by atoms with Gasteiger partial charge in [-0.05, 0) is 43.2 Å². The first-order valence-corrected chi connectivity index (χ1v) is 16.5. The molecule has 1 unspecified atom stereocenters. The molecule has 2 fully saturated rings. The molecule has 4 N–H and O–H groups in total. The number of nitriles is 1. The minimum absolute atomic E-state index is 0.00137. The van der Waals surface area contributed by atoms with E-state index in [-0.39, 0.29) is 25.3 Å². The van der Waals surface area contributed by atoms with Gasteiger partial charge in [0.1, 0.15) is 17.5 Å². The highest BCUT2D eigenvalue weighted by molar-refractivity contribution is 7.13. The van der Waals surface area contributed by atoms with E-state index in [1.165, 1.54) is 16.2 Å². The summed E-state index contributed by atoms with van der Waals surface area (Å²) >= 11 is 1.52. The first kappa shape index (κ1) is 35.0. The van der Waals surface area contributed by atoms with Crippen LogP contribution in [-0.4, -0.2) is 83.1 Å². The molecular weight excluding hydrogens is 608 g/mol. The standard InChI is InChI=1S/C33H44N6O6S/c1-6-45-14-13-35-26(41)16-24(21-7-9-22(10-8-21)27-20(2)36-19-46-27)37-29(42)25-15-23(40)17-39(25)30(43)28(32(3,4)5)38-31(44)33(18-34)11-12-33/h7-10,19,23-25,28,40H,6,11-17H2,1-5H3,(H,35,41)(H,37,42)(H,38,44)/t23-,24+,25?,28-/m1/s1. The van der Waals surface area contributed by atoms with E-state index in [9.17, 15) is 29.5 Å². The normalized spacial score (nSPS) is 19.9.